The third kappa shape index (κ3) is 5.40. The van der Waals surface area contributed by atoms with E-state index in [0.29, 0.717) is 11.4 Å². The fraction of sp³-hybridized carbons (Fsp3) is 0.417. The largest absolute Gasteiger partial charge is 0.350 e. The molecular formula is C12H14Br2ClNO. The number of carbonyl (C=O) groups is 1. The molecule has 1 N–H and O–H groups in total. The van der Waals surface area contributed by atoms with E-state index in [4.69, 9.17) is 11.6 Å². The topological polar surface area (TPSA) is 29.1 Å². The van der Waals surface area contributed by atoms with Crippen molar-refractivity contribution in [3.63, 3.8) is 0 Å². The van der Waals surface area contributed by atoms with Gasteiger partial charge in [-0.3, -0.25) is 4.79 Å². The van der Waals surface area contributed by atoms with Crippen LogP contribution in [0.1, 0.15) is 30.1 Å². The Bertz CT molecular complexity index is 378. The summed E-state index contributed by atoms with van der Waals surface area (Å²) < 4.78 is 1.76. The van der Waals surface area contributed by atoms with Crippen molar-refractivity contribution < 1.29 is 4.79 Å². The third-order valence-electron chi connectivity index (χ3n) is 2.27. The molecule has 0 aliphatic carbocycles. The smallest absolute Gasteiger partial charge is 0.251 e. The minimum Gasteiger partial charge on any atom is -0.350 e. The van der Waals surface area contributed by atoms with E-state index >= 15 is 0 Å². The highest BCUT2D eigenvalue weighted by Crippen LogP contribution is 2.20. The van der Waals surface area contributed by atoms with Crippen molar-refractivity contribution >= 4 is 49.4 Å². The van der Waals surface area contributed by atoms with E-state index in [-0.39, 0.29) is 11.9 Å². The van der Waals surface area contributed by atoms with Crippen LogP contribution in [0, 0.1) is 0 Å². The van der Waals surface area contributed by atoms with Crippen LogP contribution in [-0.4, -0.2) is 17.8 Å². The summed E-state index contributed by atoms with van der Waals surface area (Å²) >= 11 is 12.3. The standard InChI is InChI=1S/C12H14Br2ClNO/c1-8(3-2-4-15)16-12(17)9-5-10(13)7-11(14)6-9/h5-8H,2-4H2,1H3,(H,16,17). The minimum atomic E-state index is -0.0610. The average Bonchev–Trinajstić information content (AvgIpc) is 2.25. The Morgan fingerprint density at radius 2 is 1.94 bits per heavy atom. The Hall–Kier alpha value is -0.0600. The summed E-state index contributed by atoms with van der Waals surface area (Å²) in [6, 6.07) is 5.63. The van der Waals surface area contributed by atoms with Gasteiger partial charge in [-0.1, -0.05) is 31.9 Å². The maximum atomic E-state index is 11.9. The van der Waals surface area contributed by atoms with Gasteiger partial charge in [0.05, 0.1) is 0 Å². The molecule has 0 aliphatic rings. The first-order chi connectivity index (χ1) is 8.02. The van der Waals surface area contributed by atoms with Crippen LogP contribution in [-0.2, 0) is 0 Å². The molecule has 1 unspecified atom stereocenters. The van der Waals surface area contributed by atoms with Crippen molar-refractivity contribution in [1.82, 2.24) is 5.32 Å². The molecule has 1 rings (SSSR count). The Kier molecular flexibility index (Phi) is 6.52. The fourth-order valence-electron chi connectivity index (χ4n) is 1.45. The number of halogens is 3. The van der Waals surface area contributed by atoms with Crippen LogP contribution in [0.4, 0.5) is 0 Å². The van der Waals surface area contributed by atoms with E-state index in [1.54, 1.807) is 12.1 Å². The lowest BCUT2D eigenvalue weighted by atomic mass is 10.1. The first kappa shape index (κ1) is 15.0. The van der Waals surface area contributed by atoms with Crippen LogP contribution in [0.15, 0.2) is 27.1 Å². The second-order valence-electron chi connectivity index (χ2n) is 3.86. The van der Waals surface area contributed by atoms with Gasteiger partial charge in [0.25, 0.3) is 5.91 Å². The molecule has 0 saturated heterocycles. The maximum absolute atomic E-state index is 11.9. The number of carbonyl (C=O) groups excluding carboxylic acids is 1. The van der Waals surface area contributed by atoms with Gasteiger partial charge in [-0.05, 0) is 38.0 Å². The van der Waals surface area contributed by atoms with E-state index < -0.39 is 0 Å². The molecule has 94 valence electrons. The zero-order valence-corrected chi connectivity index (χ0v) is 13.4. The molecule has 0 saturated carbocycles. The highest BCUT2D eigenvalue weighted by molar-refractivity contribution is 9.11. The van der Waals surface area contributed by atoms with Crippen molar-refractivity contribution in [1.29, 1.82) is 0 Å². The molecule has 0 aromatic heterocycles. The lowest BCUT2D eigenvalue weighted by Gasteiger charge is -2.13. The monoisotopic (exact) mass is 381 g/mol. The van der Waals surface area contributed by atoms with Gasteiger partial charge in [0.1, 0.15) is 0 Å². The quantitative estimate of drug-likeness (QED) is 0.753. The number of amides is 1. The van der Waals surface area contributed by atoms with Crippen molar-refractivity contribution in [3.05, 3.63) is 32.7 Å². The van der Waals surface area contributed by atoms with Gasteiger partial charge < -0.3 is 5.32 Å². The molecule has 1 amide bonds. The first-order valence-electron chi connectivity index (χ1n) is 5.36. The lowest BCUT2D eigenvalue weighted by molar-refractivity contribution is 0.0938. The van der Waals surface area contributed by atoms with E-state index in [1.165, 1.54) is 0 Å². The first-order valence-corrected chi connectivity index (χ1v) is 7.48. The van der Waals surface area contributed by atoms with Gasteiger partial charge in [-0.15, -0.1) is 11.6 Å². The molecule has 0 fully saturated rings. The molecule has 0 bridgehead atoms. The van der Waals surface area contributed by atoms with E-state index in [0.717, 1.165) is 21.8 Å². The summed E-state index contributed by atoms with van der Waals surface area (Å²) in [5, 5.41) is 2.95. The van der Waals surface area contributed by atoms with Crippen LogP contribution in [0.5, 0.6) is 0 Å². The van der Waals surface area contributed by atoms with Crippen molar-refractivity contribution in [3.8, 4) is 0 Å². The molecule has 0 radical (unpaired) electrons. The molecule has 17 heavy (non-hydrogen) atoms. The zero-order valence-electron chi connectivity index (χ0n) is 9.47. The van der Waals surface area contributed by atoms with Gasteiger partial charge in [0, 0.05) is 26.4 Å². The molecule has 0 spiro atoms. The third-order valence-corrected chi connectivity index (χ3v) is 3.46. The Labute approximate surface area is 123 Å². The summed E-state index contributed by atoms with van der Waals surface area (Å²) in [6.07, 6.45) is 1.80. The van der Waals surface area contributed by atoms with Gasteiger partial charge in [0.15, 0.2) is 0 Å². The summed E-state index contributed by atoms with van der Waals surface area (Å²) in [6.45, 7) is 1.98. The summed E-state index contributed by atoms with van der Waals surface area (Å²) in [5.41, 5.74) is 0.643. The number of rotatable bonds is 5. The van der Waals surface area contributed by atoms with Crippen LogP contribution in [0.25, 0.3) is 0 Å². The minimum absolute atomic E-state index is 0.0610. The maximum Gasteiger partial charge on any atom is 0.251 e. The fourth-order valence-corrected chi connectivity index (χ4v) is 2.90. The predicted octanol–water partition coefficient (Wildman–Crippen LogP) is 4.35. The molecule has 0 heterocycles. The van der Waals surface area contributed by atoms with Gasteiger partial charge in [0.2, 0.25) is 0 Å². The van der Waals surface area contributed by atoms with Crippen LogP contribution in [0.2, 0.25) is 0 Å². The van der Waals surface area contributed by atoms with Crippen LogP contribution >= 0.6 is 43.5 Å². The number of hydrogen-bond donors (Lipinski definition) is 1. The molecular weight excluding hydrogens is 369 g/mol. The summed E-state index contributed by atoms with van der Waals surface area (Å²) in [5.74, 6) is 0.567. The Morgan fingerprint density at radius 1 is 1.35 bits per heavy atom. The normalized spacial score (nSPS) is 12.2. The molecule has 1 atom stereocenters. The Morgan fingerprint density at radius 3 is 2.47 bits per heavy atom. The van der Waals surface area contributed by atoms with E-state index in [2.05, 4.69) is 37.2 Å². The van der Waals surface area contributed by atoms with Gasteiger partial charge in [-0.2, -0.15) is 0 Å². The molecule has 5 heteroatoms. The highest BCUT2D eigenvalue weighted by atomic mass is 79.9. The highest BCUT2D eigenvalue weighted by Gasteiger charge is 2.10. The van der Waals surface area contributed by atoms with Gasteiger partial charge >= 0.3 is 0 Å². The number of hydrogen-bond acceptors (Lipinski definition) is 1. The number of benzene rings is 1. The van der Waals surface area contributed by atoms with E-state index in [1.807, 2.05) is 13.0 Å². The number of alkyl halides is 1. The molecule has 1 aromatic carbocycles. The second kappa shape index (κ2) is 7.39. The average molecular weight is 384 g/mol. The molecule has 2 nitrogen and oxygen atoms in total. The summed E-state index contributed by atoms with van der Waals surface area (Å²) in [7, 11) is 0. The Balaban J connectivity index is 2.63. The summed E-state index contributed by atoms with van der Waals surface area (Å²) in [4.78, 5) is 11.9. The van der Waals surface area contributed by atoms with Crippen molar-refractivity contribution in [2.24, 2.45) is 0 Å². The van der Waals surface area contributed by atoms with Crippen molar-refractivity contribution in [2.75, 3.05) is 5.88 Å². The predicted molar refractivity (Wildman–Crippen MR) is 78.7 cm³/mol. The van der Waals surface area contributed by atoms with E-state index in [9.17, 15) is 4.79 Å². The molecule has 0 aliphatic heterocycles. The van der Waals surface area contributed by atoms with Crippen LogP contribution < -0.4 is 5.32 Å². The van der Waals surface area contributed by atoms with Crippen LogP contribution in [0.3, 0.4) is 0 Å². The van der Waals surface area contributed by atoms with Gasteiger partial charge in [-0.25, -0.2) is 0 Å². The SMILES string of the molecule is CC(CCCCl)NC(=O)c1cc(Br)cc(Br)c1. The number of nitrogens with one attached hydrogen (secondary N) is 1. The van der Waals surface area contributed by atoms with Crippen molar-refractivity contribution in [2.45, 2.75) is 25.8 Å². The zero-order chi connectivity index (χ0) is 12.8. The molecule has 1 aromatic rings. The second-order valence-corrected chi connectivity index (χ2v) is 6.07. The lowest BCUT2D eigenvalue weighted by Crippen LogP contribution is -2.32.